The standard InChI is InChI=1S/C16H24FN/c1-4-16(11(2)3)18-13-9-12(10-13)14-7-5-6-8-15(14)17/h5-8,11-13,16,18H,4,9-10H2,1-3H3. The molecule has 18 heavy (non-hydrogen) atoms. The average Bonchev–Trinajstić information content (AvgIpc) is 2.29. The predicted molar refractivity (Wildman–Crippen MR) is 74.2 cm³/mol. The lowest BCUT2D eigenvalue weighted by Crippen LogP contribution is -2.47. The molecule has 2 rings (SSSR count). The van der Waals surface area contributed by atoms with Crippen LogP contribution in [0.15, 0.2) is 24.3 Å². The third-order valence-electron chi connectivity index (χ3n) is 4.18. The molecule has 0 saturated heterocycles. The molecular weight excluding hydrogens is 225 g/mol. The van der Waals surface area contributed by atoms with E-state index in [-0.39, 0.29) is 5.82 Å². The molecule has 2 heteroatoms. The van der Waals surface area contributed by atoms with E-state index in [1.54, 1.807) is 12.1 Å². The summed E-state index contributed by atoms with van der Waals surface area (Å²) in [7, 11) is 0. The molecule has 1 aliphatic carbocycles. The molecule has 1 unspecified atom stereocenters. The van der Waals surface area contributed by atoms with Gasteiger partial charge in [-0.1, -0.05) is 39.0 Å². The van der Waals surface area contributed by atoms with Crippen LogP contribution in [0.25, 0.3) is 0 Å². The maximum absolute atomic E-state index is 13.6. The Morgan fingerprint density at radius 2 is 1.94 bits per heavy atom. The zero-order chi connectivity index (χ0) is 13.1. The Hall–Kier alpha value is -0.890. The molecule has 1 nitrogen and oxygen atoms in total. The molecule has 1 aromatic carbocycles. The second-order valence-electron chi connectivity index (χ2n) is 5.81. The second kappa shape index (κ2) is 5.83. The van der Waals surface area contributed by atoms with E-state index in [0.29, 0.717) is 23.9 Å². The van der Waals surface area contributed by atoms with Gasteiger partial charge in [0.25, 0.3) is 0 Å². The topological polar surface area (TPSA) is 12.0 Å². The normalized spacial score (nSPS) is 24.9. The van der Waals surface area contributed by atoms with Gasteiger partial charge in [0.2, 0.25) is 0 Å². The highest BCUT2D eigenvalue weighted by molar-refractivity contribution is 5.24. The summed E-state index contributed by atoms with van der Waals surface area (Å²) in [5.41, 5.74) is 0.896. The first-order chi connectivity index (χ1) is 8.61. The molecular formula is C16H24FN. The summed E-state index contributed by atoms with van der Waals surface area (Å²) in [6, 6.07) is 8.36. The lowest BCUT2D eigenvalue weighted by Gasteiger charge is -2.39. The fourth-order valence-electron chi connectivity index (χ4n) is 2.90. The Morgan fingerprint density at radius 1 is 1.28 bits per heavy atom. The summed E-state index contributed by atoms with van der Waals surface area (Å²) >= 11 is 0. The lowest BCUT2D eigenvalue weighted by molar-refractivity contribution is 0.234. The van der Waals surface area contributed by atoms with Gasteiger partial charge >= 0.3 is 0 Å². The van der Waals surface area contributed by atoms with Crippen molar-refractivity contribution in [2.75, 3.05) is 0 Å². The van der Waals surface area contributed by atoms with Crippen LogP contribution >= 0.6 is 0 Å². The zero-order valence-electron chi connectivity index (χ0n) is 11.6. The Labute approximate surface area is 110 Å². The fourth-order valence-corrected chi connectivity index (χ4v) is 2.90. The SMILES string of the molecule is CCC(NC1CC(c2ccccc2F)C1)C(C)C. The lowest BCUT2D eigenvalue weighted by atomic mass is 9.75. The number of hydrogen-bond donors (Lipinski definition) is 1. The number of hydrogen-bond acceptors (Lipinski definition) is 1. The molecule has 1 N–H and O–H groups in total. The fraction of sp³-hybridized carbons (Fsp3) is 0.625. The molecule has 0 aliphatic heterocycles. The summed E-state index contributed by atoms with van der Waals surface area (Å²) in [6.07, 6.45) is 3.31. The van der Waals surface area contributed by atoms with Gasteiger partial charge in [-0.25, -0.2) is 4.39 Å². The zero-order valence-corrected chi connectivity index (χ0v) is 11.6. The second-order valence-corrected chi connectivity index (χ2v) is 5.81. The van der Waals surface area contributed by atoms with Gasteiger partial charge < -0.3 is 5.32 Å². The Morgan fingerprint density at radius 3 is 2.50 bits per heavy atom. The van der Waals surface area contributed by atoms with Crippen LogP contribution in [0.2, 0.25) is 0 Å². The Kier molecular flexibility index (Phi) is 4.39. The van der Waals surface area contributed by atoms with Crippen molar-refractivity contribution in [2.24, 2.45) is 5.92 Å². The van der Waals surface area contributed by atoms with E-state index in [1.807, 2.05) is 12.1 Å². The maximum Gasteiger partial charge on any atom is 0.126 e. The molecule has 0 spiro atoms. The van der Waals surface area contributed by atoms with Crippen molar-refractivity contribution in [3.63, 3.8) is 0 Å². The summed E-state index contributed by atoms with van der Waals surface area (Å²) in [4.78, 5) is 0. The molecule has 0 bridgehead atoms. The number of benzene rings is 1. The van der Waals surface area contributed by atoms with Gasteiger partial charge in [-0.05, 0) is 42.7 Å². The van der Waals surface area contributed by atoms with Crippen molar-refractivity contribution >= 4 is 0 Å². The van der Waals surface area contributed by atoms with Crippen LogP contribution in [-0.4, -0.2) is 12.1 Å². The van der Waals surface area contributed by atoms with Gasteiger partial charge in [0, 0.05) is 12.1 Å². The molecule has 0 amide bonds. The average molecular weight is 249 g/mol. The van der Waals surface area contributed by atoms with Gasteiger partial charge in [-0.15, -0.1) is 0 Å². The van der Waals surface area contributed by atoms with E-state index in [9.17, 15) is 4.39 Å². The quantitative estimate of drug-likeness (QED) is 0.828. The van der Waals surface area contributed by atoms with Crippen LogP contribution in [0.1, 0.15) is 51.5 Å². The van der Waals surface area contributed by atoms with Crippen molar-refractivity contribution < 1.29 is 4.39 Å². The van der Waals surface area contributed by atoms with Crippen LogP contribution in [0, 0.1) is 11.7 Å². The third-order valence-corrected chi connectivity index (χ3v) is 4.18. The van der Waals surface area contributed by atoms with E-state index >= 15 is 0 Å². The van der Waals surface area contributed by atoms with E-state index in [1.165, 1.54) is 6.42 Å². The van der Waals surface area contributed by atoms with Crippen LogP contribution in [0.4, 0.5) is 4.39 Å². The number of nitrogens with one attached hydrogen (secondary N) is 1. The van der Waals surface area contributed by atoms with Crippen molar-refractivity contribution in [1.29, 1.82) is 0 Å². The first-order valence-corrected chi connectivity index (χ1v) is 7.12. The highest BCUT2D eigenvalue weighted by atomic mass is 19.1. The summed E-state index contributed by atoms with van der Waals surface area (Å²) < 4.78 is 13.6. The molecule has 1 aromatic rings. The Bertz CT molecular complexity index is 382. The highest BCUT2D eigenvalue weighted by Gasteiger charge is 2.33. The summed E-state index contributed by atoms with van der Waals surface area (Å²) in [5, 5.41) is 3.70. The molecule has 1 aliphatic rings. The molecule has 0 radical (unpaired) electrons. The molecule has 0 aromatic heterocycles. The number of rotatable bonds is 5. The smallest absolute Gasteiger partial charge is 0.126 e. The van der Waals surface area contributed by atoms with Gasteiger partial charge in [-0.2, -0.15) is 0 Å². The van der Waals surface area contributed by atoms with Crippen molar-refractivity contribution in [3.05, 3.63) is 35.6 Å². The first kappa shape index (κ1) is 13.5. The third kappa shape index (κ3) is 2.92. The molecule has 1 fully saturated rings. The van der Waals surface area contributed by atoms with Gasteiger partial charge in [0.15, 0.2) is 0 Å². The summed E-state index contributed by atoms with van der Waals surface area (Å²) in [6.45, 7) is 6.74. The van der Waals surface area contributed by atoms with E-state index < -0.39 is 0 Å². The molecule has 1 atom stereocenters. The molecule has 1 saturated carbocycles. The molecule has 0 heterocycles. The van der Waals surface area contributed by atoms with Crippen molar-refractivity contribution in [2.45, 2.75) is 58.0 Å². The van der Waals surface area contributed by atoms with Crippen LogP contribution < -0.4 is 5.32 Å². The maximum atomic E-state index is 13.6. The van der Waals surface area contributed by atoms with E-state index in [4.69, 9.17) is 0 Å². The minimum absolute atomic E-state index is 0.0446. The minimum Gasteiger partial charge on any atom is -0.311 e. The highest BCUT2D eigenvalue weighted by Crippen LogP contribution is 2.38. The monoisotopic (exact) mass is 249 g/mol. The van der Waals surface area contributed by atoms with Gasteiger partial charge in [-0.3, -0.25) is 0 Å². The van der Waals surface area contributed by atoms with Gasteiger partial charge in [0.1, 0.15) is 5.82 Å². The van der Waals surface area contributed by atoms with E-state index in [2.05, 4.69) is 26.1 Å². The first-order valence-electron chi connectivity index (χ1n) is 7.12. The number of halogens is 1. The Balaban J connectivity index is 1.86. The minimum atomic E-state index is -0.0446. The van der Waals surface area contributed by atoms with E-state index in [0.717, 1.165) is 18.4 Å². The largest absolute Gasteiger partial charge is 0.311 e. The van der Waals surface area contributed by atoms with Gasteiger partial charge in [0.05, 0.1) is 0 Å². The summed E-state index contributed by atoms with van der Waals surface area (Å²) in [5.74, 6) is 1.03. The van der Waals surface area contributed by atoms with Crippen LogP contribution in [0.3, 0.4) is 0 Å². The predicted octanol–water partition coefficient (Wildman–Crippen LogP) is 4.10. The molecule has 100 valence electrons. The van der Waals surface area contributed by atoms with Crippen LogP contribution in [-0.2, 0) is 0 Å². The van der Waals surface area contributed by atoms with Crippen molar-refractivity contribution in [3.8, 4) is 0 Å². The van der Waals surface area contributed by atoms with Crippen LogP contribution in [0.5, 0.6) is 0 Å². The van der Waals surface area contributed by atoms with Crippen molar-refractivity contribution in [1.82, 2.24) is 5.32 Å².